The summed E-state index contributed by atoms with van der Waals surface area (Å²) in [7, 11) is 0. The van der Waals surface area contributed by atoms with Crippen LogP contribution in [0.2, 0.25) is 0 Å². The molecule has 0 saturated heterocycles. The minimum absolute atomic E-state index is 0.0115. The lowest BCUT2D eigenvalue weighted by atomic mass is 10.2. The Labute approximate surface area is 126 Å². The zero-order chi connectivity index (χ0) is 15.2. The van der Waals surface area contributed by atoms with Crippen LogP contribution in [0.15, 0.2) is 29.8 Å². The normalized spacial score (nSPS) is 11.9. The van der Waals surface area contributed by atoms with Gasteiger partial charge in [0, 0.05) is 29.4 Å². The summed E-state index contributed by atoms with van der Waals surface area (Å²) in [6.07, 6.45) is 2.59. The highest BCUT2D eigenvalue weighted by atomic mass is 32.1. The van der Waals surface area contributed by atoms with E-state index in [0.717, 1.165) is 11.4 Å². The number of nitrogens with zero attached hydrogens (tertiary/aromatic N) is 2. The summed E-state index contributed by atoms with van der Waals surface area (Å²) in [4.78, 5) is 14.9. The number of ether oxygens (including phenoxy) is 1. The fourth-order valence-corrected chi connectivity index (χ4v) is 2.74. The van der Waals surface area contributed by atoms with Crippen molar-refractivity contribution < 1.29 is 9.66 Å². The first-order valence-corrected chi connectivity index (χ1v) is 7.60. The number of rotatable bonds is 7. The second-order valence-corrected chi connectivity index (χ2v) is 5.31. The zero-order valence-corrected chi connectivity index (χ0v) is 12.7. The molecule has 1 atom stereocenters. The Hall–Kier alpha value is -2.15. The largest absolute Gasteiger partial charge is 0.494 e. The van der Waals surface area contributed by atoms with Crippen molar-refractivity contribution in [2.45, 2.75) is 26.3 Å². The third kappa shape index (κ3) is 3.91. The SMILES string of the molecule is CCOc1cc(NC(CC)c2nccs2)cc([N+](=O)[O-])c1. The minimum atomic E-state index is -0.419. The van der Waals surface area contributed by atoms with E-state index in [2.05, 4.69) is 10.3 Å². The van der Waals surface area contributed by atoms with E-state index >= 15 is 0 Å². The van der Waals surface area contributed by atoms with E-state index in [0.29, 0.717) is 18.0 Å². The van der Waals surface area contributed by atoms with Gasteiger partial charge in [0.1, 0.15) is 10.8 Å². The van der Waals surface area contributed by atoms with E-state index < -0.39 is 4.92 Å². The summed E-state index contributed by atoms with van der Waals surface area (Å²) in [5, 5.41) is 17.2. The molecule has 6 nitrogen and oxygen atoms in total. The summed E-state index contributed by atoms with van der Waals surface area (Å²) >= 11 is 1.56. The molecule has 0 amide bonds. The highest BCUT2D eigenvalue weighted by Crippen LogP contribution is 2.30. The lowest BCUT2D eigenvalue weighted by molar-refractivity contribution is -0.384. The number of nitro groups is 1. The van der Waals surface area contributed by atoms with Crippen molar-refractivity contribution in [2.24, 2.45) is 0 Å². The Kier molecular flexibility index (Phi) is 5.10. The molecule has 7 heteroatoms. The quantitative estimate of drug-likeness (QED) is 0.617. The zero-order valence-electron chi connectivity index (χ0n) is 11.9. The number of benzene rings is 1. The fraction of sp³-hybridized carbons (Fsp3) is 0.357. The molecule has 0 fully saturated rings. The number of hydrogen-bond donors (Lipinski definition) is 1. The van der Waals surface area contributed by atoms with E-state index in [1.807, 2.05) is 19.2 Å². The highest BCUT2D eigenvalue weighted by molar-refractivity contribution is 7.09. The van der Waals surface area contributed by atoms with E-state index in [1.54, 1.807) is 23.6 Å². The van der Waals surface area contributed by atoms with Crippen LogP contribution in [-0.4, -0.2) is 16.5 Å². The number of thiazole rings is 1. The number of nitro benzene ring substituents is 1. The van der Waals surface area contributed by atoms with Crippen LogP contribution < -0.4 is 10.1 Å². The highest BCUT2D eigenvalue weighted by Gasteiger charge is 2.15. The second kappa shape index (κ2) is 7.03. The maximum atomic E-state index is 11.0. The molecule has 1 heterocycles. The first-order chi connectivity index (χ1) is 10.1. The lowest BCUT2D eigenvalue weighted by Gasteiger charge is -2.16. The van der Waals surface area contributed by atoms with Crippen molar-refractivity contribution in [3.05, 3.63) is 44.9 Å². The third-order valence-electron chi connectivity index (χ3n) is 2.91. The number of nitrogens with one attached hydrogen (secondary N) is 1. The predicted octanol–water partition coefficient (Wildman–Crippen LogP) is 4.01. The van der Waals surface area contributed by atoms with Crippen LogP contribution in [0.5, 0.6) is 5.75 Å². The fourth-order valence-electron chi connectivity index (χ4n) is 1.97. The topological polar surface area (TPSA) is 77.3 Å². The van der Waals surface area contributed by atoms with Crippen molar-refractivity contribution in [1.82, 2.24) is 4.98 Å². The van der Waals surface area contributed by atoms with Crippen molar-refractivity contribution >= 4 is 22.7 Å². The molecule has 0 radical (unpaired) electrons. The van der Waals surface area contributed by atoms with E-state index in [9.17, 15) is 10.1 Å². The minimum Gasteiger partial charge on any atom is -0.494 e. The van der Waals surface area contributed by atoms with Gasteiger partial charge in [-0.1, -0.05) is 6.92 Å². The second-order valence-electron chi connectivity index (χ2n) is 4.38. The van der Waals surface area contributed by atoms with Crippen LogP contribution in [0.4, 0.5) is 11.4 Å². The molecule has 0 bridgehead atoms. The van der Waals surface area contributed by atoms with Gasteiger partial charge in [0.15, 0.2) is 0 Å². The average Bonchev–Trinajstić information content (AvgIpc) is 2.99. The molecular weight excluding hydrogens is 290 g/mol. The van der Waals surface area contributed by atoms with Gasteiger partial charge in [0.25, 0.3) is 5.69 Å². The first-order valence-electron chi connectivity index (χ1n) is 6.72. The van der Waals surface area contributed by atoms with Crippen LogP contribution in [0.1, 0.15) is 31.3 Å². The summed E-state index contributed by atoms with van der Waals surface area (Å²) in [6, 6.07) is 4.74. The molecule has 0 aliphatic rings. The molecule has 0 spiro atoms. The van der Waals surface area contributed by atoms with Gasteiger partial charge in [-0.25, -0.2) is 4.98 Å². The van der Waals surface area contributed by atoms with Gasteiger partial charge in [-0.05, 0) is 13.3 Å². The Bertz CT molecular complexity index is 602. The maximum absolute atomic E-state index is 11.0. The molecule has 2 aromatic rings. The molecule has 1 aromatic heterocycles. The molecule has 1 unspecified atom stereocenters. The maximum Gasteiger partial charge on any atom is 0.275 e. The smallest absolute Gasteiger partial charge is 0.275 e. The van der Waals surface area contributed by atoms with Crippen molar-refractivity contribution in [2.75, 3.05) is 11.9 Å². The van der Waals surface area contributed by atoms with Crippen LogP contribution in [-0.2, 0) is 0 Å². The van der Waals surface area contributed by atoms with Gasteiger partial charge in [0.2, 0.25) is 0 Å². The summed E-state index contributed by atoms with van der Waals surface area (Å²) < 4.78 is 5.39. The standard InChI is InChI=1S/C14H17N3O3S/c1-3-13(14-15-5-6-21-14)16-10-7-11(17(18)19)9-12(8-10)20-4-2/h5-9,13,16H,3-4H2,1-2H3. The van der Waals surface area contributed by atoms with Crippen molar-refractivity contribution in [1.29, 1.82) is 0 Å². The molecule has 1 N–H and O–H groups in total. The van der Waals surface area contributed by atoms with E-state index in [-0.39, 0.29) is 11.7 Å². The number of aromatic nitrogens is 1. The van der Waals surface area contributed by atoms with Crippen LogP contribution in [0.25, 0.3) is 0 Å². The Morgan fingerprint density at radius 3 is 2.81 bits per heavy atom. The van der Waals surface area contributed by atoms with Crippen molar-refractivity contribution in [3.8, 4) is 5.75 Å². The molecule has 112 valence electrons. The monoisotopic (exact) mass is 307 g/mol. The average molecular weight is 307 g/mol. The van der Waals surface area contributed by atoms with Gasteiger partial charge >= 0.3 is 0 Å². The van der Waals surface area contributed by atoms with Gasteiger partial charge in [0.05, 0.1) is 23.6 Å². The predicted molar refractivity (Wildman–Crippen MR) is 83.0 cm³/mol. The van der Waals surface area contributed by atoms with Gasteiger partial charge in [-0.2, -0.15) is 0 Å². The summed E-state index contributed by atoms with van der Waals surface area (Å²) in [6.45, 7) is 4.35. The molecule has 0 saturated carbocycles. The van der Waals surface area contributed by atoms with Crippen LogP contribution in [0.3, 0.4) is 0 Å². The Morgan fingerprint density at radius 1 is 1.43 bits per heavy atom. The first kappa shape index (κ1) is 15.2. The van der Waals surface area contributed by atoms with Crippen LogP contribution >= 0.6 is 11.3 Å². The van der Waals surface area contributed by atoms with E-state index in [1.165, 1.54) is 12.1 Å². The van der Waals surface area contributed by atoms with Gasteiger partial charge < -0.3 is 10.1 Å². The molecular formula is C14H17N3O3S. The number of non-ortho nitro benzene ring substituents is 1. The van der Waals surface area contributed by atoms with E-state index in [4.69, 9.17) is 4.74 Å². The third-order valence-corrected chi connectivity index (χ3v) is 3.80. The molecule has 0 aliphatic heterocycles. The van der Waals surface area contributed by atoms with Crippen molar-refractivity contribution in [3.63, 3.8) is 0 Å². The Morgan fingerprint density at radius 2 is 2.24 bits per heavy atom. The summed E-state index contributed by atoms with van der Waals surface area (Å²) in [5.41, 5.74) is 0.673. The van der Waals surface area contributed by atoms with Crippen LogP contribution in [0, 0.1) is 10.1 Å². The van der Waals surface area contributed by atoms with Gasteiger partial charge in [-0.15, -0.1) is 11.3 Å². The number of hydrogen-bond acceptors (Lipinski definition) is 6. The lowest BCUT2D eigenvalue weighted by Crippen LogP contribution is -2.09. The Balaban J connectivity index is 2.27. The summed E-state index contributed by atoms with van der Waals surface area (Å²) in [5.74, 6) is 0.489. The molecule has 1 aromatic carbocycles. The molecule has 2 rings (SSSR count). The molecule has 0 aliphatic carbocycles. The van der Waals surface area contributed by atoms with Gasteiger partial charge in [-0.3, -0.25) is 10.1 Å². The number of anilines is 1. The molecule has 21 heavy (non-hydrogen) atoms.